The molecule has 0 saturated heterocycles. The van der Waals surface area contributed by atoms with E-state index in [1.807, 2.05) is 0 Å². The summed E-state index contributed by atoms with van der Waals surface area (Å²) < 4.78 is 15.8. The molecule has 2 rings (SSSR count). The van der Waals surface area contributed by atoms with Crippen molar-refractivity contribution in [2.45, 2.75) is 37.8 Å². The van der Waals surface area contributed by atoms with Crippen LogP contribution in [0.5, 0.6) is 5.75 Å². The van der Waals surface area contributed by atoms with Crippen molar-refractivity contribution in [2.24, 2.45) is 0 Å². The van der Waals surface area contributed by atoms with Crippen molar-refractivity contribution in [1.29, 1.82) is 0 Å². The van der Waals surface area contributed by atoms with Gasteiger partial charge in [0.2, 0.25) is 0 Å². The molecule has 0 spiro atoms. The van der Waals surface area contributed by atoms with E-state index >= 15 is 0 Å². The van der Waals surface area contributed by atoms with Crippen molar-refractivity contribution in [3.05, 3.63) is 34.4 Å². The van der Waals surface area contributed by atoms with Crippen LogP contribution in [0.1, 0.15) is 25.7 Å². The van der Waals surface area contributed by atoms with E-state index in [0.717, 1.165) is 25.7 Å². The van der Waals surface area contributed by atoms with Gasteiger partial charge in [0.25, 0.3) is 5.69 Å². The second kappa shape index (κ2) is 9.19. The molecule has 0 bridgehead atoms. The number of benzene rings is 1. The van der Waals surface area contributed by atoms with Crippen molar-refractivity contribution >= 4 is 11.8 Å². The minimum absolute atomic E-state index is 0.0467. The van der Waals surface area contributed by atoms with Gasteiger partial charge >= 0.3 is 6.09 Å². The van der Waals surface area contributed by atoms with Crippen LogP contribution >= 0.6 is 0 Å². The zero-order valence-electron chi connectivity index (χ0n) is 13.6. The predicted molar refractivity (Wildman–Crippen MR) is 86.1 cm³/mol. The fourth-order valence-corrected chi connectivity index (χ4v) is 2.61. The van der Waals surface area contributed by atoms with Crippen LogP contribution in [0.2, 0.25) is 0 Å². The molecule has 24 heavy (non-hydrogen) atoms. The minimum Gasteiger partial charge on any atom is -0.410 e. The van der Waals surface area contributed by atoms with Crippen molar-refractivity contribution in [1.82, 2.24) is 5.32 Å². The number of carbonyl (C=O) groups excluding carboxylic acids is 1. The van der Waals surface area contributed by atoms with Crippen LogP contribution < -0.4 is 10.1 Å². The molecule has 1 saturated carbocycles. The fourth-order valence-electron chi connectivity index (χ4n) is 2.61. The lowest BCUT2D eigenvalue weighted by molar-refractivity contribution is -0.384. The maximum absolute atomic E-state index is 11.9. The SMILES string of the molecule is COCCOC1CCC(NC(=O)Oc2ccc([N+](=O)[O-])cc2)CC1. The van der Waals surface area contributed by atoms with Gasteiger partial charge in [-0.3, -0.25) is 10.1 Å². The predicted octanol–water partition coefficient (Wildman–Crippen LogP) is 2.66. The third kappa shape index (κ3) is 5.78. The standard InChI is InChI=1S/C16H22N2O6/c1-22-10-11-23-14-6-2-12(3-7-14)17-16(19)24-15-8-4-13(5-9-15)18(20)21/h4-5,8-9,12,14H,2-3,6-7,10-11H2,1H3,(H,17,19). The molecule has 1 aliphatic rings. The summed E-state index contributed by atoms with van der Waals surface area (Å²) in [6.45, 7) is 1.17. The highest BCUT2D eigenvalue weighted by molar-refractivity contribution is 5.70. The van der Waals surface area contributed by atoms with Crippen LogP contribution in [0.15, 0.2) is 24.3 Å². The number of non-ortho nitro benzene ring substituents is 1. The molecule has 1 N–H and O–H groups in total. The Hall–Kier alpha value is -2.19. The highest BCUT2D eigenvalue weighted by Gasteiger charge is 2.23. The number of hydrogen-bond acceptors (Lipinski definition) is 6. The average Bonchev–Trinajstić information content (AvgIpc) is 2.57. The Morgan fingerprint density at radius 3 is 2.46 bits per heavy atom. The van der Waals surface area contributed by atoms with Gasteiger partial charge in [-0.25, -0.2) is 4.79 Å². The molecule has 0 heterocycles. The summed E-state index contributed by atoms with van der Waals surface area (Å²) in [6, 6.07) is 5.45. The molecule has 0 atom stereocenters. The Morgan fingerprint density at radius 1 is 1.21 bits per heavy atom. The largest absolute Gasteiger partial charge is 0.412 e. The van der Waals surface area contributed by atoms with E-state index in [-0.39, 0.29) is 23.6 Å². The van der Waals surface area contributed by atoms with Crippen molar-refractivity contribution in [2.75, 3.05) is 20.3 Å². The molecule has 1 fully saturated rings. The topological polar surface area (TPSA) is 99.9 Å². The van der Waals surface area contributed by atoms with Gasteiger partial charge in [0, 0.05) is 25.3 Å². The lowest BCUT2D eigenvalue weighted by atomic mass is 9.93. The Bertz CT molecular complexity index is 540. The second-order valence-electron chi connectivity index (χ2n) is 5.62. The Kier molecular flexibility index (Phi) is 6.95. The molecule has 8 nitrogen and oxygen atoms in total. The number of methoxy groups -OCH3 is 1. The lowest BCUT2D eigenvalue weighted by Crippen LogP contribution is -2.40. The van der Waals surface area contributed by atoms with Gasteiger partial charge in [0.15, 0.2) is 0 Å². The lowest BCUT2D eigenvalue weighted by Gasteiger charge is -2.28. The van der Waals surface area contributed by atoms with Crippen LogP contribution in [0, 0.1) is 10.1 Å². The third-order valence-electron chi connectivity index (χ3n) is 3.90. The van der Waals surface area contributed by atoms with E-state index in [0.29, 0.717) is 13.2 Å². The van der Waals surface area contributed by atoms with Gasteiger partial charge in [0.1, 0.15) is 5.75 Å². The van der Waals surface area contributed by atoms with E-state index in [1.54, 1.807) is 7.11 Å². The molecule has 0 aromatic heterocycles. The van der Waals surface area contributed by atoms with Crippen LogP contribution in [0.4, 0.5) is 10.5 Å². The van der Waals surface area contributed by atoms with Crippen LogP contribution in [0.3, 0.4) is 0 Å². The van der Waals surface area contributed by atoms with Gasteiger partial charge in [-0.05, 0) is 37.8 Å². The monoisotopic (exact) mass is 338 g/mol. The number of nitro benzene ring substituents is 1. The van der Waals surface area contributed by atoms with Gasteiger partial charge in [-0.15, -0.1) is 0 Å². The van der Waals surface area contributed by atoms with Crippen LogP contribution in [0.25, 0.3) is 0 Å². The first kappa shape index (κ1) is 18.2. The summed E-state index contributed by atoms with van der Waals surface area (Å²) in [5, 5.41) is 13.4. The van der Waals surface area contributed by atoms with E-state index in [9.17, 15) is 14.9 Å². The van der Waals surface area contributed by atoms with E-state index < -0.39 is 11.0 Å². The molecule has 0 unspecified atom stereocenters. The number of amides is 1. The Balaban J connectivity index is 1.70. The Labute approximate surface area is 140 Å². The molecule has 8 heteroatoms. The normalized spacial score (nSPS) is 20.4. The van der Waals surface area contributed by atoms with E-state index in [4.69, 9.17) is 14.2 Å². The van der Waals surface area contributed by atoms with Gasteiger partial charge in [-0.2, -0.15) is 0 Å². The van der Waals surface area contributed by atoms with Crippen molar-refractivity contribution in [3.63, 3.8) is 0 Å². The zero-order chi connectivity index (χ0) is 17.4. The van der Waals surface area contributed by atoms with Crippen LogP contribution in [-0.2, 0) is 9.47 Å². The second-order valence-corrected chi connectivity index (χ2v) is 5.62. The van der Waals surface area contributed by atoms with Gasteiger partial charge in [-0.1, -0.05) is 0 Å². The smallest absolute Gasteiger partial charge is 0.410 e. The molecule has 1 aliphatic carbocycles. The molecule has 1 aromatic rings. The molecule has 0 aliphatic heterocycles. The molecular weight excluding hydrogens is 316 g/mol. The number of hydrogen-bond donors (Lipinski definition) is 1. The third-order valence-corrected chi connectivity index (χ3v) is 3.90. The number of rotatable bonds is 7. The number of ether oxygens (including phenoxy) is 3. The molecule has 132 valence electrons. The summed E-state index contributed by atoms with van der Waals surface area (Å²) >= 11 is 0. The van der Waals surface area contributed by atoms with Gasteiger partial charge in [0.05, 0.1) is 24.2 Å². The molecule has 1 amide bonds. The zero-order valence-corrected chi connectivity index (χ0v) is 13.6. The summed E-state index contributed by atoms with van der Waals surface area (Å²) in [6.07, 6.45) is 3.08. The fraction of sp³-hybridized carbons (Fsp3) is 0.562. The summed E-state index contributed by atoms with van der Waals surface area (Å²) in [4.78, 5) is 21.9. The van der Waals surface area contributed by atoms with E-state index in [2.05, 4.69) is 5.32 Å². The molecule has 0 radical (unpaired) electrons. The summed E-state index contributed by atoms with van der Waals surface area (Å²) in [5.74, 6) is 0.273. The number of nitrogens with zero attached hydrogens (tertiary/aromatic N) is 1. The summed E-state index contributed by atoms with van der Waals surface area (Å²) in [7, 11) is 1.64. The number of carbonyl (C=O) groups is 1. The maximum atomic E-state index is 11.9. The van der Waals surface area contributed by atoms with E-state index in [1.165, 1.54) is 24.3 Å². The molecular formula is C16H22N2O6. The minimum atomic E-state index is -0.549. The average molecular weight is 338 g/mol. The maximum Gasteiger partial charge on any atom is 0.412 e. The first-order valence-electron chi connectivity index (χ1n) is 7.92. The summed E-state index contributed by atoms with van der Waals surface area (Å²) in [5.41, 5.74) is -0.0467. The van der Waals surface area contributed by atoms with Crippen LogP contribution in [-0.4, -0.2) is 43.5 Å². The first-order valence-corrected chi connectivity index (χ1v) is 7.92. The number of nitro groups is 1. The molecule has 1 aromatic carbocycles. The van der Waals surface area contributed by atoms with Crippen molar-refractivity contribution in [3.8, 4) is 5.75 Å². The number of nitrogens with one attached hydrogen (secondary N) is 1. The quantitative estimate of drug-likeness (QED) is 0.466. The highest BCUT2D eigenvalue weighted by Crippen LogP contribution is 2.22. The first-order chi connectivity index (χ1) is 11.6. The Morgan fingerprint density at radius 2 is 1.88 bits per heavy atom. The highest BCUT2D eigenvalue weighted by atomic mass is 16.6. The van der Waals surface area contributed by atoms with Gasteiger partial charge < -0.3 is 19.5 Å². The van der Waals surface area contributed by atoms with Crippen molar-refractivity contribution < 1.29 is 23.9 Å².